The fourth-order valence-electron chi connectivity index (χ4n) is 2.59. The number of aromatic nitrogens is 2. The number of benzene rings is 1. The van der Waals surface area contributed by atoms with Crippen LogP contribution in [-0.2, 0) is 11.2 Å². The Balaban J connectivity index is 0.00000300. The van der Waals surface area contributed by atoms with Crippen molar-refractivity contribution < 1.29 is 9.26 Å². The van der Waals surface area contributed by atoms with Crippen molar-refractivity contribution >= 4 is 41.5 Å². The maximum atomic E-state index is 5.91. The van der Waals surface area contributed by atoms with Crippen LogP contribution in [0.4, 0.5) is 0 Å². The average Bonchev–Trinajstić information content (AvgIpc) is 3.41. The normalized spacial score (nSPS) is 13.8. The Hall–Kier alpha value is -1.39. The molecule has 9 heteroatoms. The molecule has 1 fully saturated rings. The van der Waals surface area contributed by atoms with Crippen molar-refractivity contribution in [3.63, 3.8) is 0 Å². The lowest BCUT2D eigenvalue weighted by atomic mass is 10.2. The smallest absolute Gasteiger partial charge is 0.228 e. The summed E-state index contributed by atoms with van der Waals surface area (Å²) in [5.41, 5.74) is 0.881. The van der Waals surface area contributed by atoms with Gasteiger partial charge in [-0.1, -0.05) is 16.8 Å². The van der Waals surface area contributed by atoms with E-state index in [0.29, 0.717) is 29.7 Å². The van der Waals surface area contributed by atoms with Gasteiger partial charge in [0.25, 0.3) is 0 Å². The first-order chi connectivity index (χ1) is 13.7. The van der Waals surface area contributed by atoms with Crippen molar-refractivity contribution in [2.75, 3.05) is 32.8 Å². The molecule has 1 aliphatic carbocycles. The molecule has 1 aromatic carbocycles. The number of hydrogen-bond donors (Lipinski definition) is 2. The van der Waals surface area contributed by atoms with E-state index < -0.39 is 0 Å². The Bertz CT molecular complexity index is 750. The van der Waals surface area contributed by atoms with Crippen LogP contribution in [0, 0.1) is 5.92 Å². The van der Waals surface area contributed by atoms with Crippen LogP contribution in [0.25, 0.3) is 11.4 Å². The maximum absolute atomic E-state index is 5.91. The van der Waals surface area contributed by atoms with Gasteiger partial charge in [0.05, 0.1) is 0 Å². The molecule has 0 spiro atoms. The molecule has 3 rings (SSSR count). The van der Waals surface area contributed by atoms with Gasteiger partial charge in [-0.2, -0.15) is 4.98 Å². The van der Waals surface area contributed by atoms with E-state index in [4.69, 9.17) is 20.9 Å². The molecule has 0 aliphatic heterocycles. The van der Waals surface area contributed by atoms with E-state index in [1.54, 1.807) is 0 Å². The van der Waals surface area contributed by atoms with Gasteiger partial charge in [0.1, 0.15) is 0 Å². The Labute approximate surface area is 194 Å². The van der Waals surface area contributed by atoms with Gasteiger partial charge in [-0.15, -0.1) is 24.0 Å². The molecule has 7 nitrogen and oxygen atoms in total. The quantitative estimate of drug-likeness (QED) is 0.197. The molecule has 0 unspecified atom stereocenters. The Morgan fingerprint density at radius 1 is 1.28 bits per heavy atom. The fourth-order valence-corrected chi connectivity index (χ4v) is 2.72. The highest BCUT2D eigenvalue weighted by atomic mass is 127. The Morgan fingerprint density at radius 3 is 2.79 bits per heavy atom. The minimum absolute atomic E-state index is 0. The predicted molar refractivity (Wildman–Crippen MR) is 126 cm³/mol. The van der Waals surface area contributed by atoms with E-state index in [0.717, 1.165) is 50.2 Å². The van der Waals surface area contributed by atoms with E-state index in [-0.39, 0.29) is 24.0 Å². The van der Waals surface area contributed by atoms with Crippen LogP contribution in [0.15, 0.2) is 33.8 Å². The van der Waals surface area contributed by atoms with Gasteiger partial charge < -0.3 is 19.9 Å². The number of nitrogens with zero attached hydrogens (tertiary/aromatic N) is 3. The maximum Gasteiger partial charge on any atom is 0.228 e. The summed E-state index contributed by atoms with van der Waals surface area (Å²) in [5, 5.41) is 11.3. The number of ether oxygens (including phenoxy) is 1. The topological polar surface area (TPSA) is 84.6 Å². The number of hydrogen-bond acceptors (Lipinski definition) is 5. The Kier molecular flexibility index (Phi) is 10.7. The second-order valence-corrected chi connectivity index (χ2v) is 7.26. The van der Waals surface area contributed by atoms with Crippen LogP contribution in [0.2, 0.25) is 5.02 Å². The summed E-state index contributed by atoms with van der Waals surface area (Å²) >= 11 is 5.91. The van der Waals surface area contributed by atoms with E-state index in [2.05, 4.69) is 25.8 Å². The molecule has 160 valence electrons. The lowest BCUT2D eigenvalue weighted by Gasteiger charge is -2.10. The molecular formula is C20H29ClIN5O2. The summed E-state index contributed by atoms with van der Waals surface area (Å²) < 4.78 is 11.0. The molecule has 2 aromatic rings. The lowest BCUT2D eigenvalue weighted by Crippen LogP contribution is -2.38. The standard InChI is InChI=1S/C20H28ClN5O2.HI/c1-2-22-20(23-11-3-13-27-14-15-4-5-15)24-12-10-18-25-19(26-28-18)16-6-8-17(21)9-7-16;/h6-9,15H,2-5,10-14H2,1H3,(H2,22,23,24);1H. The second-order valence-electron chi connectivity index (χ2n) is 6.83. The van der Waals surface area contributed by atoms with Gasteiger partial charge in [0.2, 0.25) is 11.7 Å². The molecule has 0 radical (unpaired) electrons. The van der Waals surface area contributed by atoms with E-state index in [1.165, 1.54) is 12.8 Å². The SMILES string of the molecule is CCNC(=NCCCOCC1CC1)NCCc1nc(-c2ccc(Cl)cc2)no1.I. The highest BCUT2D eigenvalue weighted by Crippen LogP contribution is 2.28. The van der Waals surface area contributed by atoms with E-state index >= 15 is 0 Å². The van der Waals surface area contributed by atoms with Gasteiger partial charge in [0, 0.05) is 49.9 Å². The summed E-state index contributed by atoms with van der Waals surface area (Å²) in [6.07, 6.45) is 4.20. The van der Waals surface area contributed by atoms with Crippen LogP contribution < -0.4 is 10.6 Å². The first kappa shape index (κ1) is 23.9. The van der Waals surface area contributed by atoms with Crippen molar-refractivity contribution in [1.29, 1.82) is 0 Å². The Morgan fingerprint density at radius 2 is 2.07 bits per heavy atom. The van der Waals surface area contributed by atoms with Crippen LogP contribution in [0.1, 0.15) is 32.1 Å². The molecule has 1 saturated carbocycles. The minimum Gasteiger partial charge on any atom is -0.381 e. The molecule has 0 atom stereocenters. The fraction of sp³-hybridized carbons (Fsp3) is 0.550. The third-order valence-electron chi connectivity index (χ3n) is 4.31. The average molecular weight is 534 g/mol. The predicted octanol–water partition coefficient (Wildman–Crippen LogP) is 3.92. The molecule has 1 heterocycles. The molecule has 0 saturated heterocycles. The van der Waals surface area contributed by atoms with Gasteiger partial charge in [-0.05, 0) is 56.4 Å². The van der Waals surface area contributed by atoms with Gasteiger partial charge in [-0.3, -0.25) is 4.99 Å². The van der Waals surface area contributed by atoms with Crippen LogP contribution >= 0.6 is 35.6 Å². The van der Waals surface area contributed by atoms with Crippen molar-refractivity contribution in [3.05, 3.63) is 35.2 Å². The number of aliphatic imine (C=N–C) groups is 1. The van der Waals surface area contributed by atoms with Crippen molar-refractivity contribution in [3.8, 4) is 11.4 Å². The largest absolute Gasteiger partial charge is 0.381 e. The highest BCUT2D eigenvalue weighted by molar-refractivity contribution is 14.0. The molecule has 0 bridgehead atoms. The van der Waals surface area contributed by atoms with Crippen LogP contribution in [0.5, 0.6) is 0 Å². The van der Waals surface area contributed by atoms with Crippen LogP contribution in [0.3, 0.4) is 0 Å². The lowest BCUT2D eigenvalue weighted by molar-refractivity contribution is 0.123. The zero-order valence-corrected chi connectivity index (χ0v) is 19.8. The van der Waals surface area contributed by atoms with Gasteiger partial charge in [0.15, 0.2) is 5.96 Å². The highest BCUT2D eigenvalue weighted by Gasteiger charge is 2.20. The molecule has 0 amide bonds. The first-order valence-electron chi connectivity index (χ1n) is 9.93. The van der Waals surface area contributed by atoms with E-state index in [9.17, 15) is 0 Å². The molecule has 1 aliphatic rings. The third kappa shape index (κ3) is 8.88. The van der Waals surface area contributed by atoms with Crippen molar-refractivity contribution in [2.45, 2.75) is 32.6 Å². The molecule has 29 heavy (non-hydrogen) atoms. The van der Waals surface area contributed by atoms with Gasteiger partial charge >= 0.3 is 0 Å². The zero-order chi connectivity index (χ0) is 19.6. The zero-order valence-electron chi connectivity index (χ0n) is 16.7. The second kappa shape index (κ2) is 13.0. The number of guanidine groups is 1. The van der Waals surface area contributed by atoms with Crippen LogP contribution in [-0.4, -0.2) is 48.9 Å². The van der Waals surface area contributed by atoms with E-state index in [1.807, 2.05) is 31.2 Å². The molecule has 2 N–H and O–H groups in total. The third-order valence-corrected chi connectivity index (χ3v) is 4.57. The number of halogens is 2. The summed E-state index contributed by atoms with van der Waals surface area (Å²) in [4.78, 5) is 9.00. The summed E-state index contributed by atoms with van der Waals surface area (Å²) in [6.45, 7) is 5.93. The molecule has 1 aromatic heterocycles. The summed E-state index contributed by atoms with van der Waals surface area (Å²) in [5.74, 6) is 2.76. The van der Waals surface area contributed by atoms with Crippen molar-refractivity contribution in [2.24, 2.45) is 10.9 Å². The summed E-state index contributed by atoms with van der Waals surface area (Å²) in [7, 11) is 0. The molecular weight excluding hydrogens is 505 g/mol. The van der Waals surface area contributed by atoms with Crippen molar-refractivity contribution in [1.82, 2.24) is 20.8 Å². The summed E-state index contributed by atoms with van der Waals surface area (Å²) in [6, 6.07) is 7.37. The monoisotopic (exact) mass is 533 g/mol. The number of rotatable bonds is 11. The van der Waals surface area contributed by atoms with Gasteiger partial charge in [-0.25, -0.2) is 0 Å². The minimum atomic E-state index is 0. The first-order valence-corrected chi connectivity index (χ1v) is 10.3. The number of nitrogens with one attached hydrogen (secondary N) is 2.